The number of hydrogen-bond donors (Lipinski definition) is 0. The Morgan fingerprint density at radius 1 is 0.927 bits per heavy atom. The summed E-state index contributed by atoms with van der Waals surface area (Å²) in [6.45, 7) is 4.87. The summed E-state index contributed by atoms with van der Waals surface area (Å²) in [5.74, 6) is 1.94. The first-order chi connectivity index (χ1) is 20.2. The van der Waals surface area contributed by atoms with E-state index >= 15 is 0 Å². The molecular formula is C33H37N5O2S. The summed E-state index contributed by atoms with van der Waals surface area (Å²) >= 11 is 1.44. The molecule has 1 amide bonds. The van der Waals surface area contributed by atoms with Crippen LogP contribution in [0, 0.1) is 5.92 Å². The van der Waals surface area contributed by atoms with Crippen LogP contribution in [0.15, 0.2) is 84.9 Å². The number of piperidine rings is 1. The highest BCUT2D eigenvalue weighted by atomic mass is 32.1. The van der Waals surface area contributed by atoms with Gasteiger partial charge < -0.3 is 14.5 Å². The van der Waals surface area contributed by atoms with Crippen LogP contribution in [-0.2, 0) is 11.2 Å². The SMILES string of the molecule is COc1cccc(Cc2nsc(N3CCCC(C(=O)N4CCN(C(c5ccccc5)c5ccccc5)CC4)C3)n2)c1. The lowest BCUT2D eigenvalue weighted by atomic mass is 9.95. The molecule has 212 valence electrons. The molecule has 0 radical (unpaired) electrons. The van der Waals surface area contributed by atoms with Gasteiger partial charge in [-0.15, -0.1) is 0 Å². The van der Waals surface area contributed by atoms with Gasteiger partial charge in [0.2, 0.25) is 11.0 Å². The number of nitrogens with zero attached hydrogens (tertiary/aromatic N) is 5. The summed E-state index contributed by atoms with van der Waals surface area (Å²) in [5.41, 5.74) is 3.72. The number of amides is 1. The fourth-order valence-corrected chi connectivity index (χ4v) is 6.83. The number of carbonyl (C=O) groups is 1. The quantitative estimate of drug-likeness (QED) is 0.289. The Kier molecular flexibility index (Phi) is 8.58. The van der Waals surface area contributed by atoms with Gasteiger partial charge in [0.1, 0.15) is 11.6 Å². The molecule has 0 saturated carbocycles. The molecule has 41 heavy (non-hydrogen) atoms. The normalized spacial score (nSPS) is 18.0. The molecule has 0 bridgehead atoms. The van der Waals surface area contributed by atoms with Gasteiger partial charge in [-0.25, -0.2) is 4.98 Å². The zero-order valence-corrected chi connectivity index (χ0v) is 24.4. The topological polar surface area (TPSA) is 61.8 Å². The van der Waals surface area contributed by atoms with Crippen LogP contribution in [0.4, 0.5) is 5.13 Å². The molecule has 2 aliphatic heterocycles. The molecule has 0 aliphatic carbocycles. The molecular weight excluding hydrogens is 530 g/mol. The molecule has 3 heterocycles. The lowest BCUT2D eigenvalue weighted by Gasteiger charge is -2.41. The maximum Gasteiger partial charge on any atom is 0.227 e. The van der Waals surface area contributed by atoms with E-state index in [1.807, 2.05) is 18.2 Å². The zero-order valence-electron chi connectivity index (χ0n) is 23.6. The van der Waals surface area contributed by atoms with E-state index in [4.69, 9.17) is 9.72 Å². The third-order valence-electron chi connectivity index (χ3n) is 8.22. The van der Waals surface area contributed by atoms with Crippen molar-refractivity contribution in [2.24, 2.45) is 5.92 Å². The number of aromatic nitrogens is 2. The average Bonchev–Trinajstić information content (AvgIpc) is 3.51. The highest BCUT2D eigenvalue weighted by Gasteiger charge is 2.34. The average molecular weight is 568 g/mol. The van der Waals surface area contributed by atoms with E-state index in [1.54, 1.807) is 7.11 Å². The molecule has 2 aliphatic rings. The largest absolute Gasteiger partial charge is 0.497 e. The van der Waals surface area contributed by atoms with Gasteiger partial charge >= 0.3 is 0 Å². The smallest absolute Gasteiger partial charge is 0.227 e. The summed E-state index contributed by atoms with van der Waals surface area (Å²) < 4.78 is 9.97. The molecule has 1 unspecified atom stereocenters. The maximum atomic E-state index is 13.7. The van der Waals surface area contributed by atoms with E-state index in [0.29, 0.717) is 13.0 Å². The first-order valence-electron chi connectivity index (χ1n) is 14.5. The van der Waals surface area contributed by atoms with Crippen LogP contribution in [0.3, 0.4) is 0 Å². The van der Waals surface area contributed by atoms with Gasteiger partial charge in [0, 0.05) is 57.2 Å². The van der Waals surface area contributed by atoms with Crippen LogP contribution in [-0.4, -0.2) is 71.4 Å². The molecule has 0 spiro atoms. The van der Waals surface area contributed by atoms with E-state index in [0.717, 1.165) is 67.8 Å². The van der Waals surface area contributed by atoms with Crippen molar-refractivity contribution in [1.29, 1.82) is 0 Å². The van der Waals surface area contributed by atoms with Crippen molar-refractivity contribution in [2.45, 2.75) is 25.3 Å². The predicted molar refractivity (Wildman–Crippen MR) is 164 cm³/mol. The van der Waals surface area contributed by atoms with Crippen LogP contribution < -0.4 is 9.64 Å². The summed E-state index contributed by atoms with van der Waals surface area (Å²) in [5, 5.41) is 0.916. The summed E-state index contributed by atoms with van der Waals surface area (Å²) in [7, 11) is 1.68. The molecule has 6 rings (SSSR count). The van der Waals surface area contributed by atoms with Crippen molar-refractivity contribution >= 4 is 22.6 Å². The minimum absolute atomic E-state index is 0.0000723. The molecule has 8 heteroatoms. The van der Waals surface area contributed by atoms with Crippen molar-refractivity contribution in [3.63, 3.8) is 0 Å². The monoisotopic (exact) mass is 567 g/mol. The molecule has 4 aromatic rings. The number of rotatable bonds is 8. The standard InChI is InChI=1S/C33H37N5O2S/c1-40-29-16-8-10-25(22-29)23-30-34-33(41-35-30)38-17-9-15-28(24-38)32(39)37-20-18-36(19-21-37)31(26-11-4-2-5-12-26)27-13-6-3-7-14-27/h2-8,10-14,16,22,28,31H,9,15,17-21,23-24H2,1H3. The van der Waals surface area contributed by atoms with Crippen LogP contribution in [0.1, 0.15) is 41.4 Å². The fraction of sp³-hybridized carbons (Fsp3) is 0.364. The van der Waals surface area contributed by atoms with E-state index in [-0.39, 0.29) is 17.9 Å². The number of carbonyl (C=O) groups excluding carboxylic acids is 1. The van der Waals surface area contributed by atoms with Crippen molar-refractivity contribution in [3.8, 4) is 5.75 Å². The second kappa shape index (κ2) is 12.8. The summed E-state index contributed by atoms with van der Waals surface area (Å²) in [6, 6.07) is 29.6. The van der Waals surface area contributed by atoms with Crippen LogP contribution in [0.5, 0.6) is 5.75 Å². The van der Waals surface area contributed by atoms with Crippen molar-refractivity contribution < 1.29 is 9.53 Å². The predicted octanol–water partition coefficient (Wildman–Crippen LogP) is 5.29. The summed E-state index contributed by atoms with van der Waals surface area (Å²) in [6.07, 6.45) is 2.59. The van der Waals surface area contributed by atoms with Crippen LogP contribution in [0.25, 0.3) is 0 Å². The molecule has 0 N–H and O–H groups in total. The van der Waals surface area contributed by atoms with Gasteiger partial charge in [0.15, 0.2) is 0 Å². The Bertz CT molecular complexity index is 1380. The Balaban J connectivity index is 1.07. The van der Waals surface area contributed by atoms with Crippen molar-refractivity contribution in [2.75, 3.05) is 51.3 Å². The molecule has 7 nitrogen and oxygen atoms in total. The second-order valence-electron chi connectivity index (χ2n) is 10.9. The number of methoxy groups -OCH3 is 1. The third kappa shape index (κ3) is 6.44. The van der Waals surface area contributed by atoms with E-state index in [2.05, 4.69) is 85.8 Å². The fourth-order valence-electron chi connectivity index (χ4n) is 6.11. The van der Waals surface area contributed by atoms with Gasteiger partial charge in [-0.2, -0.15) is 4.37 Å². The Hall–Kier alpha value is -3.75. The highest BCUT2D eigenvalue weighted by Crippen LogP contribution is 2.31. The van der Waals surface area contributed by atoms with E-state index in [9.17, 15) is 4.79 Å². The number of benzene rings is 3. The van der Waals surface area contributed by atoms with Gasteiger partial charge in [-0.05, 0) is 41.7 Å². The Morgan fingerprint density at radius 2 is 1.63 bits per heavy atom. The number of ether oxygens (including phenoxy) is 1. The highest BCUT2D eigenvalue weighted by molar-refractivity contribution is 7.09. The van der Waals surface area contributed by atoms with Crippen molar-refractivity contribution in [3.05, 3.63) is 107 Å². The van der Waals surface area contributed by atoms with Gasteiger partial charge in [0.25, 0.3) is 0 Å². The molecule has 3 aromatic carbocycles. The lowest BCUT2D eigenvalue weighted by Crippen LogP contribution is -2.53. The number of anilines is 1. The first kappa shape index (κ1) is 27.4. The number of piperazine rings is 1. The van der Waals surface area contributed by atoms with Gasteiger partial charge in [-0.1, -0.05) is 72.8 Å². The zero-order chi connectivity index (χ0) is 28.0. The number of hydrogen-bond acceptors (Lipinski definition) is 7. The molecule has 2 fully saturated rings. The van der Waals surface area contributed by atoms with Gasteiger partial charge in [0.05, 0.1) is 19.1 Å². The minimum atomic E-state index is 0.0000723. The first-order valence-corrected chi connectivity index (χ1v) is 15.3. The van der Waals surface area contributed by atoms with Gasteiger partial charge in [-0.3, -0.25) is 9.69 Å². The Labute approximate surface area is 246 Å². The van der Waals surface area contributed by atoms with E-state index in [1.165, 1.54) is 22.7 Å². The third-order valence-corrected chi connectivity index (χ3v) is 9.03. The molecule has 1 atom stereocenters. The molecule has 2 saturated heterocycles. The summed E-state index contributed by atoms with van der Waals surface area (Å²) in [4.78, 5) is 25.4. The van der Waals surface area contributed by atoms with Crippen LogP contribution >= 0.6 is 11.5 Å². The van der Waals surface area contributed by atoms with Crippen molar-refractivity contribution in [1.82, 2.24) is 19.2 Å². The second-order valence-corrected chi connectivity index (χ2v) is 11.6. The molecule has 1 aromatic heterocycles. The van der Waals surface area contributed by atoms with Crippen LogP contribution in [0.2, 0.25) is 0 Å². The van der Waals surface area contributed by atoms with E-state index < -0.39 is 0 Å². The Morgan fingerprint density at radius 3 is 2.32 bits per heavy atom. The lowest BCUT2D eigenvalue weighted by molar-refractivity contribution is -0.137. The maximum absolute atomic E-state index is 13.7. The minimum Gasteiger partial charge on any atom is -0.497 e.